The van der Waals surface area contributed by atoms with Crippen molar-refractivity contribution in [3.8, 4) is 0 Å². The number of fused-ring (bicyclic) bond motifs is 1. The topological polar surface area (TPSA) is 72.6 Å². The van der Waals surface area contributed by atoms with Gasteiger partial charge in [0.25, 0.3) is 5.91 Å². The van der Waals surface area contributed by atoms with E-state index < -0.39 is 5.97 Å². The standard InChI is InChI=1S/C23H24N2O4/c26-22(25(17-9-3-1-4-10-17)18-11-5-2-6-12-18)16-28-23(27)15-20-19-13-7-8-14-21(19)29-24-20/h1,3-4,7-10,13-14,18H,2,5-6,11-12,15-16H2. The number of anilines is 1. The van der Waals surface area contributed by atoms with Gasteiger partial charge in [-0.3, -0.25) is 9.59 Å². The molecule has 0 atom stereocenters. The first-order valence-electron chi connectivity index (χ1n) is 10.1. The average molecular weight is 392 g/mol. The van der Waals surface area contributed by atoms with Crippen molar-refractivity contribution in [2.75, 3.05) is 11.5 Å². The van der Waals surface area contributed by atoms with Gasteiger partial charge >= 0.3 is 5.97 Å². The van der Waals surface area contributed by atoms with E-state index in [-0.39, 0.29) is 25.0 Å². The van der Waals surface area contributed by atoms with E-state index in [2.05, 4.69) is 5.16 Å². The predicted molar refractivity (Wildman–Crippen MR) is 109 cm³/mol. The van der Waals surface area contributed by atoms with E-state index in [1.807, 2.05) is 48.5 Å². The van der Waals surface area contributed by atoms with Crippen LogP contribution >= 0.6 is 0 Å². The summed E-state index contributed by atoms with van der Waals surface area (Å²) in [7, 11) is 0. The average Bonchev–Trinajstić information content (AvgIpc) is 3.17. The normalized spacial score (nSPS) is 14.6. The van der Waals surface area contributed by atoms with Crippen LogP contribution in [0, 0.1) is 0 Å². The Morgan fingerprint density at radius 2 is 1.72 bits per heavy atom. The lowest BCUT2D eigenvalue weighted by atomic mass is 9.93. The van der Waals surface area contributed by atoms with Crippen LogP contribution in [0.1, 0.15) is 37.8 Å². The van der Waals surface area contributed by atoms with E-state index in [9.17, 15) is 9.59 Å². The summed E-state index contributed by atoms with van der Waals surface area (Å²) in [6.45, 7) is -0.278. The van der Waals surface area contributed by atoms with Gasteiger partial charge in [0.1, 0.15) is 5.69 Å². The third kappa shape index (κ3) is 4.47. The molecule has 0 saturated heterocycles. The second kappa shape index (κ2) is 8.90. The molecule has 0 aliphatic heterocycles. The molecule has 6 heteroatoms. The summed E-state index contributed by atoms with van der Waals surface area (Å²) in [5, 5.41) is 4.73. The Labute approximate surface area is 169 Å². The van der Waals surface area contributed by atoms with E-state index in [0.717, 1.165) is 36.8 Å². The molecule has 2 aromatic carbocycles. The Bertz CT molecular complexity index is 977. The van der Waals surface area contributed by atoms with Gasteiger partial charge in [-0.05, 0) is 37.1 Å². The van der Waals surface area contributed by atoms with Gasteiger partial charge in [0.05, 0.1) is 6.42 Å². The van der Waals surface area contributed by atoms with Gasteiger partial charge in [-0.15, -0.1) is 0 Å². The summed E-state index contributed by atoms with van der Waals surface area (Å²) in [4.78, 5) is 27.1. The molecule has 3 aromatic rings. The van der Waals surface area contributed by atoms with Crippen LogP contribution in [0.25, 0.3) is 11.0 Å². The number of hydrogen-bond acceptors (Lipinski definition) is 5. The van der Waals surface area contributed by atoms with E-state index in [1.165, 1.54) is 6.42 Å². The molecular formula is C23H24N2O4. The van der Waals surface area contributed by atoms with Crippen LogP contribution in [0.3, 0.4) is 0 Å². The maximum absolute atomic E-state index is 13.0. The highest BCUT2D eigenvalue weighted by Gasteiger charge is 2.27. The van der Waals surface area contributed by atoms with Crippen molar-refractivity contribution in [2.24, 2.45) is 0 Å². The fourth-order valence-electron chi connectivity index (χ4n) is 3.95. The molecule has 150 valence electrons. The third-order valence-corrected chi connectivity index (χ3v) is 5.36. The van der Waals surface area contributed by atoms with Crippen molar-refractivity contribution in [1.82, 2.24) is 5.16 Å². The first kappa shape index (κ1) is 19.2. The summed E-state index contributed by atoms with van der Waals surface area (Å²) in [6.07, 6.45) is 5.34. The number of benzene rings is 2. The predicted octanol–water partition coefficient (Wildman–Crippen LogP) is 4.28. The number of amides is 1. The Balaban J connectivity index is 1.41. The zero-order chi connectivity index (χ0) is 20.1. The van der Waals surface area contributed by atoms with E-state index in [1.54, 1.807) is 11.0 Å². The van der Waals surface area contributed by atoms with Gasteiger partial charge in [0.15, 0.2) is 12.2 Å². The molecule has 1 aliphatic rings. The van der Waals surface area contributed by atoms with Gasteiger partial charge in [-0.25, -0.2) is 0 Å². The van der Waals surface area contributed by atoms with Crippen molar-refractivity contribution < 1.29 is 18.8 Å². The second-order valence-corrected chi connectivity index (χ2v) is 7.35. The maximum atomic E-state index is 13.0. The Morgan fingerprint density at radius 3 is 2.52 bits per heavy atom. The fraction of sp³-hybridized carbons (Fsp3) is 0.348. The summed E-state index contributed by atoms with van der Waals surface area (Å²) >= 11 is 0. The molecule has 6 nitrogen and oxygen atoms in total. The van der Waals surface area contributed by atoms with Crippen LogP contribution in [0.15, 0.2) is 59.1 Å². The molecule has 1 fully saturated rings. The molecule has 0 radical (unpaired) electrons. The first-order valence-corrected chi connectivity index (χ1v) is 10.1. The van der Waals surface area contributed by atoms with Gasteiger partial charge < -0.3 is 14.2 Å². The molecule has 0 unspecified atom stereocenters. The number of aromatic nitrogens is 1. The van der Waals surface area contributed by atoms with Gasteiger partial charge in [-0.2, -0.15) is 0 Å². The highest BCUT2D eigenvalue weighted by molar-refractivity contribution is 5.96. The second-order valence-electron chi connectivity index (χ2n) is 7.35. The number of carbonyl (C=O) groups excluding carboxylic acids is 2. The molecule has 4 rings (SSSR count). The van der Waals surface area contributed by atoms with Crippen molar-refractivity contribution >= 4 is 28.5 Å². The molecule has 29 heavy (non-hydrogen) atoms. The Hall–Kier alpha value is -3.15. The first-order chi connectivity index (χ1) is 14.2. The zero-order valence-corrected chi connectivity index (χ0v) is 16.3. The molecule has 1 heterocycles. The Morgan fingerprint density at radius 1 is 1.00 bits per heavy atom. The largest absolute Gasteiger partial charge is 0.455 e. The molecule has 1 aromatic heterocycles. The van der Waals surface area contributed by atoms with Crippen LogP contribution in [0.4, 0.5) is 5.69 Å². The highest BCUT2D eigenvalue weighted by Crippen LogP contribution is 2.27. The van der Waals surface area contributed by atoms with Crippen molar-refractivity contribution in [1.29, 1.82) is 0 Å². The lowest BCUT2D eigenvalue weighted by Crippen LogP contribution is -2.44. The van der Waals surface area contributed by atoms with Gasteiger partial charge in [-0.1, -0.05) is 54.8 Å². The number of para-hydroxylation sites is 2. The van der Waals surface area contributed by atoms with Crippen LogP contribution < -0.4 is 4.90 Å². The highest BCUT2D eigenvalue weighted by atomic mass is 16.5. The van der Waals surface area contributed by atoms with E-state index in [0.29, 0.717) is 11.3 Å². The molecule has 0 spiro atoms. The van der Waals surface area contributed by atoms with Crippen LogP contribution in [-0.4, -0.2) is 29.7 Å². The number of esters is 1. The van der Waals surface area contributed by atoms with Gasteiger partial charge in [0, 0.05) is 17.1 Å². The SMILES string of the molecule is O=C(Cc1noc2ccccc12)OCC(=O)N(c1ccccc1)C1CCCCC1. The number of ether oxygens (including phenoxy) is 1. The number of rotatable bonds is 6. The summed E-state index contributed by atoms with van der Waals surface area (Å²) in [5.74, 6) is -0.685. The lowest BCUT2D eigenvalue weighted by Gasteiger charge is -2.34. The van der Waals surface area contributed by atoms with Crippen molar-refractivity contribution in [2.45, 2.75) is 44.6 Å². The van der Waals surface area contributed by atoms with E-state index >= 15 is 0 Å². The number of carbonyl (C=O) groups is 2. The van der Waals surface area contributed by atoms with Gasteiger partial charge in [0.2, 0.25) is 0 Å². The molecule has 1 amide bonds. The maximum Gasteiger partial charge on any atom is 0.312 e. The molecule has 0 N–H and O–H groups in total. The minimum atomic E-state index is -0.492. The van der Waals surface area contributed by atoms with Crippen molar-refractivity contribution in [3.05, 3.63) is 60.3 Å². The minimum Gasteiger partial charge on any atom is -0.455 e. The Kier molecular flexibility index (Phi) is 5.89. The van der Waals surface area contributed by atoms with Crippen LogP contribution in [0.5, 0.6) is 0 Å². The van der Waals surface area contributed by atoms with Crippen molar-refractivity contribution in [3.63, 3.8) is 0 Å². The zero-order valence-electron chi connectivity index (χ0n) is 16.3. The number of hydrogen-bond donors (Lipinski definition) is 0. The lowest BCUT2D eigenvalue weighted by molar-refractivity contribution is -0.147. The monoisotopic (exact) mass is 392 g/mol. The molecule has 1 saturated carbocycles. The minimum absolute atomic E-state index is 0.0287. The molecule has 1 aliphatic carbocycles. The van der Waals surface area contributed by atoms with Crippen LogP contribution in [-0.2, 0) is 20.7 Å². The fourth-order valence-corrected chi connectivity index (χ4v) is 3.95. The third-order valence-electron chi connectivity index (χ3n) is 5.36. The summed E-state index contributed by atoms with van der Waals surface area (Å²) < 4.78 is 10.5. The molecule has 0 bridgehead atoms. The van der Waals surface area contributed by atoms with E-state index in [4.69, 9.17) is 9.26 Å². The summed E-state index contributed by atoms with van der Waals surface area (Å²) in [6, 6.07) is 17.1. The molecular weight excluding hydrogens is 368 g/mol. The van der Waals surface area contributed by atoms with Crippen LogP contribution in [0.2, 0.25) is 0 Å². The summed E-state index contributed by atoms with van der Waals surface area (Å²) in [5.41, 5.74) is 1.99. The quantitative estimate of drug-likeness (QED) is 0.586. The number of nitrogens with zero attached hydrogens (tertiary/aromatic N) is 2. The smallest absolute Gasteiger partial charge is 0.312 e.